The second-order valence-corrected chi connectivity index (χ2v) is 4.13. The van der Waals surface area contributed by atoms with E-state index < -0.39 is 0 Å². The van der Waals surface area contributed by atoms with Crippen LogP contribution in [0.4, 0.5) is 0 Å². The van der Waals surface area contributed by atoms with Gasteiger partial charge in [-0.15, -0.1) is 0 Å². The van der Waals surface area contributed by atoms with Crippen molar-refractivity contribution >= 4 is 8.88 Å². The maximum Gasteiger partial charge on any atom is 0.0887 e. The van der Waals surface area contributed by atoms with Gasteiger partial charge in [0.25, 0.3) is 0 Å². The molecule has 3 heterocycles. The fourth-order valence-electron chi connectivity index (χ4n) is 2.06. The van der Waals surface area contributed by atoms with Crippen LogP contribution in [0.3, 0.4) is 0 Å². The first-order chi connectivity index (χ1) is 5.95. The van der Waals surface area contributed by atoms with E-state index in [1.807, 2.05) is 0 Å². The smallest absolute Gasteiger partial charge is 0.0887 e. The third kappa shape index (κ3) is 0.889. The minimum absolute atomic E-state index is 0.404. The summed E-state index contributed by atoms with van der Waals surface area (Å²) in [5.74, 6) is 0.566. The molecule has 0 aromatic carbocycles. The van der Waals surface area contributed by atoms with E-state index >= 15 is 0 Å². The van der Waals surface area contributed by atoms with E-state index in [2.05, 4.69) is 15.5 Å². The van der Waals surface area contributed by atoms with Gasteiger partial charge < -0.3 is 20.2 Å². The molecule has 0 aliphatic carbocycles. The number of ether oxygens (including phenoxy) is 1. The molecule has 0 radical (unpaired) electrons. The maximum absolute atomic E-state index is 5.70. The maximum atomic E-state index is 5.70. The summed E-state index contributed by atoms with van der Waals surface area (Å²) in [5, 5.41) is 10.1. The molecule has 1 unspecified atom stereocenters. The zero-order valence-corrected chi connectivity index (χ0v) is 7.68. The topological polar surface area (TPSA) is 45.3 Å². The molecule has 0 saturated carbocycles. The van der Waals surface area contributed by atoms with E-state index in [0.29, 0.717) is 20.9 Å². The number of rotatable bonds is 0. The highest BCUT2D eigenvalue weighted by Gasteiger charge is 2.37. The standard InChI is InChI=1S/C7H12N3OP/c1-4-6(2-8-1)11-3-5-7(4)10-12-9-5/h4,6,8-10,12H,1-3H2/t4-,6+/m1/s1. The molecule has 3 atom stereocenters. The van der Waals surface area contributed by atoms with E-state index in [0.717, 1.165) is 19.7 Å². The van der Waals surface area contributed by atoms with Crippen LogP contribution in [-0.4, -0.2) is 25.8 Å². The van der Waals surface area contributed by atoms with E-state index in [9.17, 15) is 0 Å². The van der Waals surface area contributed by atoms with Gasteiger partial charge in [0.05, 0.1) is 27.3 Å². The zero-order chi connectivity index (χ0) is 7.97. The summed E-state index contributed by atoms with van der Waals surface area (Å²) in [6.07, 6.45) is 0.404. The van der Waals surface area contributed by atoms with Crippen LogP contribution < -0.4 is 15.5 Å². The van der Waals surface area contributed by atoms with Gasteiger partial charge >= 0.3 is 0 Å². The Morgan fingerprint density at radius 2 is 2.33 bits per heavy atom. The van der Waals surface area contributed by atoms with Gasteiger partial charge in [0.1, 0.15) is 0 Å². The van der Waals surface area contributed by atoms with E-state index in [4.69, 9.17) is 4.74 Å². The number of fused-ring (bicyclic) bond motifs is 2. The first-order valence-corrected chi connectivity index (χ1v) is 5.27. The Morgan fingerprint density at radius 1 is 1.33 bits per heavy atom. The Labute approximate surface area is 73.0 Å². The summed E-state index contributed by atoms with van der Waals surface area (Å²) in [5.41, 5.74) is 2.67. The average Bonchev–Trinajstić information content (AvgIpc) is 2.71. The highest BCUT2D eigenvalue weighted by molar-refractivity contribution is 7.34. The predicted molar refractivity (Wildman–Crippen MR) is 47.7 cm³/mol. The van der Waals surface area contributed by atoms with Gasteiger partial charge in [0, 0.05) is 24.7 Å². The monoisotopic (exact) mass is 185 g/mol. The van der Waals surface area contributed by atoms with Gasteiger partial charge in [0.15, 0.2) is 0 Å². The molecule has 1 saturated heterocycles. The highest BCUT2D eigenvalue weighted by Crippen LogP contribution is 2.33. The van der Waals surface area contributed by atoms with Crippen molar-refractivity contribution in [1.29, 1.82) is 0 Å². The molecule has 3 N–H and O–H groups in total. The molecule has 0 aromatic heterocycles. The van der Waals surface area contributed by atoms with Crippen molar-refractivity contribution in [2.24, 2.45) is 5.92 Å². The summed E-state index contributed by atoms with van der Waals surface area (Å²) in [7, 11) is 0.648. The van der Waals surface area contributed by atoms with Crippen LogP contribution in [0.5, 0.6) is 0 Å². The Morgan fingerprint density at radius 3 is 3.33 bits per heavy atom. The molecule has 0 bridgehead atoms. The third-order valence-electron chi connectivity index (χ3n) is 2.71. The second-order valence-electron chi connectivity index (χ2n) is 3.38. The van der Waals surface area contributed by atoms with Gasteiger partial charge in [-0.2, -0.15) is 0 Å². The molecule has 3 aliphatic rings. The minimum Gasteiger partial charge on any atom is -0.370 e. The van der Waals surface area contributed by atoms with Gasteiger partial charge in [-0.1, -0.05) is 0 Å². The molecular weight excluding hydrogens is 173 g/mol. The van der Waals surface area contributed by atoms with Gasteiger partial charge in [-0.3, -0.25) is 0 Å². The molecule has 3 aliphatic heterocycles. The molecular formula is C7H12N3OP. The fraction of sp³-hybridized carbons (Fsp3) is 0.714. The lowest BCUT2D eigenvalue weighted by Gasteiger charge is -2.25. The van der Waals surface area contributed by atoms with Crippen molar-refractivity contribution in [3.8, 4) is 0 Å². The van der Waals surface area contributed by atoms with E-state index in [1.54, 1.807) is 0 Å². The first kappa shape index (κ1) is 7.13. The fourth-order valence-corrected chi connectivity index (χ4v) is 2.95. The Bertz CT molecular complexity index is 243. The molecule has 5 heteroatoms. The predicted octanol–water partition coefficient (Wildman–Crippen LogP) is -0.482. The summed E-state index contributed by atoms with van der Waals surface area (Å²) in [4.78, 5) is 0. The summed E-state index contributed by atoms with van der Waals surface area (Å²) < 4.78 is 5.70. The summed E-state index contributed by atoms with van der Waals surface area (Å²) in [6, 6.07) is 0. The van der Waals surface area contributed by atoms with Crippen molar-refractivity contribution in [2.75, 3.05) is 19.7 Å². The summed E-state index contributed by atoms with van der Waals surface area (Å²) in [6.45, 7) is 2.83. The molecule has 0 amide bonds. The molecule has 4 nitrogen and oxygen atoms in total. The van der Waals surface area contributed by atoms with Crippen LogP contribution in [0.25, 0.3) is 0 Å². The van der Waals surface area contributed by atoms with Crippen LogP contribution in [0.2, 0.25) is 0 Å². The Kier molecular flexibility index (Phi) is 1.54. The average molecular weight is 185 g/mol. The summed E-state index contributed by atoms with van der Waals surface area (Å²) >= 11 is 0. The lowest BCUT2D eigenvalue weighted by Crippen LogP contribution is -2.33. The molecule has 12 heavy (non-hydrogen) atoms. The van der Waals surface area contributed by atoms with Gasteiger partial charge in [0.2, 0.25) is 0 Å². The van der Waals surface area contributed by atoms with Crippen molar-refractivity contribution in [3.05, 3.63) is 11.4 Å². The van der Waals surface area contributed by atoms with Crippen LogP contribution >= 0.6 is 8.88 Å². The Balaban J connectivity index is 1.93. The van der Waals surface area contributed by atoms with Crippen LogP contribution in [0, 0.1) is 5.92 Å². The van der Waals surface area contributed by atoms with Gasteiger partial charge in [-0.25, -0.2) is 0 Å². The van der Waals surface area contributed by atoms with Crippen LogP contribution in [0.15, 0.2) is 11.4 Å². The van der Waals surface area contributed by atoms with E-state index in [-0.39, 0.29) is 0 Å². The third-order valence-corrected chi connectivity index (χ3v) is 3.53. The second kappa shape index (κ2) is 2.59. The molecule has 66 valence electrons. The van der Waals surface area contributed by atoms with Crippen LogP contribution in [0.1, 0.15) is 0 Å². The van der Waals surface area contributed by atoms with Gasteiger partial charge in [-0.05, 0) is 0 Å². The number of nitrogens with one attached hydrogen (secondary N) is 3. The SMILES string of the molecule is C1O[C@H]2CNC[C@H]2C2=C1NPN2. The van der Waals surface area contributed by atoms with Crippen LogP contribution in [-0.2, 0) is 4.74 Å². The lowest BCUT2D eigenvalue weighted by molar-refractivity contribution is 0.0468. The zero-order valence-electron chi connectivity index (χ0n) is 6.68. The molecule has 3 rings (SSSR count). The van der Waals surface area contributed by atoms with E-state index in [1.165, 1.54) is 11.4 Å². The van der Waals surface area contributed by atoms with Crippen molar-refractivity contribution in [2.45, 2.75) is 6.10 Å². The number of hydrogen-bond donors (Lipinski definition) is 3. The first-order valence-electron chi connectivity index (χ1n) is 4.27. The molecule has 0 aromatic rings. The van der Waals surface area contributed by atoms with Crippen molar-refractivity contribution < 1.29 is 4.74 Å². The largest absolute Gasteiger partial charge is 0.370 e. The molecule has 0 spiro atoms. The highest BCUT2D eigenvalue weighted by atomic mass is 31.1. The van der Waals surface area contributed by atoms with Crippen molar-refractivity contribution in [3.63, 3.8) is 0 Å². The molecule has 1 fully saturated rings. The lowest BCUT2D eigenvalue weighted by atomic mass is 9.99. The van der Waals surface area contributed by atoms with Crippen molar-refractivity contribution in [1.82, 2.24) is 15.5 Å². The number of hydrogen-bond acceptors (Lipinski definition) is 4. The quantitative estimate of drug-likeness (QED) is 0.446. The minimum atomic E-state index is 0.404. The Hall–Kier alpha value is -0.310. The normalized spacial score (nSPS) is 40.7.